The minimum absolute atomic E-state index is 0.0327. The Hall–Kier alpha value is -1.81. The predicted molar refractivity (Wildman–Crippen MR) is 71.9 cm³/mol. The van der Waals surface area contributed by atoms with Crippen LogP contribution in [0.4, 0.5) is 0 Å². The van der Waals surface area contributed by atoms with Crippen molar-refractivity contribution in [3.8, 4) is 5.75 Å². The van der Waals surface area contributed by atoms with Crippen LogP contribution < -0.4 is 16.0 Å². The van der Waals surface area contributed by atoms with E-state index in [1.807, 2.05) is 38.1 Å². The summed E-state index contributed by atoms with van der Waals surface area (Å²) in [6.45, 7) is 7.53. The molecule has 4 nitrogen and oxygen atoms in total. The molecule has 1 unspecified atom stereocenters. The zero-order valence-electron chi connectivity index (χ0n) is 10.8. The Morgan fingerprint density at radius 1 is 1.50 bits per heavy atom. The van der Waals surface area contributed by atoms with Crippen LogP contribution in [0, 0.1) is 5.92 Å². The summed E-state index contributed by atoms with van der Waals surface area (Å²) in [5, 5.41) is 0. The normalized spacial score (nSPS) is 12.0. The topological polar surface area (TPSA) is 64.3 Å². The molecule has 0 heterocycles. The third kappa shape index (κ3) is 3.60. The summed E-state index contributed by atoms with van der Waals surface area (Å²) in [6, 6.07) is 7.60. The van der Waals surface area contributed by atoms with Crippen LogP contribution in [0.2, 0.25) is 0 Å². The highest BCUT2D eigenvalue weighted by Gasteiger charge is 2.24. The van der Waals surface area contributed by atoms with Crippen molar-refractivity contribution in [3.05, 3.63) is 42.5 Å². The van der Waals surface area contributed by atoms with E-state index in [1.165, 1.54) is 0 Å². The van der Waals surface area contributed by atoms with Gasteiger partial charge in [0.25, 0.3) is 5.91 Å². The van der Waals surface area contributed by atoms with Crippen LogP contribution in [0.3, 0.4) is 0 Å². The first-order valence-corrected chi connectivity index (χ1v) is 5.96. The van der Waals surface area contributed by atoms with Gasteiger partial charge in [0.2, 0.25) is 0 Å². The molecular weight excluding hydrogens is 228 g/mol. The SMILES string of the molecule is C=CCc1ccccc1OC(C(=O)NN)C(C)C. The fourth-order valence-electron chi connectivity index (χ4n) is 1.65. The second kappa shape index (κ2) is 6.81. The number of carbonyl (C=O) groups is 1. The van der Waals surface area contributed by atoms with E-state index in [0.29, 0.717) is 12.2 Å². The Morgan fingerprint density at radius 2 is 2.17 bits per heavy atom. The lowest BCUT2D eigenvalue weighted by molar-refractivity contribution is -0.129. The van der Waals surface area contributed by atoms with Gasteiger partial charge in [-0.2, -0.15) is 0 Å². The molecule has 0 fully saturated rings. The van der Waals surface area contributed by atoms with Crippen molar-refractivity contribution < 1.29 is 9.53 Å². The maximum atomic E-state index is 11.6. The van der Waals surface area contributed by atoms with Crippen molar-refractivity contribution in [2.75, 3.05) is 0 Å². The van der Waals surface area contributed by atoms with E-state index in [1.54, 1.807) is 6.08 Å². The summed E-state index contributed by atoms with van der Waals surface area (Å²) in [4.78, 5) is 11.6. The van der Waals surface area contributed by atoms with Gasteiger partial charge in [0.05, 0.1) is 0 Å². The minimum atomic E-state index is -0.596. The molecule has 1 aromatic carbocycles. The largest absolute Gasteiger partial charge is 0.480 e. The second-order valence-electron chi connectivity index (χ2n) is 4.39. The molecular formula is C14H20N2O2. The number of nitrogens with two attached hydrogens (primary N) is 1. The van der Waals surface area contributed by atoms with Crippen molar-refractivity contribution >= 4 is 5.91 Å². The average molecular weight is 248 g/mol. The molecule has 98 valence electrons. The van der Waals surface area contributed by atoms with E-state index in [2.05, 4.69) is 12.0 Å². The Bertz CT molecular complexity index is 416. The van der Waals surface area contributed by atoms with Gasteiger partial charge >= 0.3 is 0 Å². The monoisotopic (exact) mass is 248 g/mol. The third-order valence-corrected chi connectivity index (χ3v) is 2.60. The number of nitrogens with one attached hydrogen (secondary N) is 1. The minimum Gasteiger partial charge on any atom is -0.480 e. The van der Waals surface area contributed by atoms with Gasteiger partial charge in [-0.3, -0.25) is 10.2 Å². The lowest BCUT2D eigenvalue weighted by Crippen LogP contribution is -2.44. The van der Waals surface area contributed by atoms with E-state index in [9.17, 15) is 4.79 Å². The van der Waals surface area contributed by atoms with Gasteiger partial charge in [-0.25, -0.2) is 5.84 Å². The third-order valence-electron chi connectivity index (χ3n) is 2.60. The van der Waals surface area contributed by atoms with Crippen LogP contribution in [0.1, 0.15) is 19.4 Å². The molecule has 1 amide bonds. The molecule has 1 rings (SSSR count). The van der Waals surface area contributed by atoms with Gasteiger partial charge in [-0.1, -0.05) is 38.1 Å². The molecule has 0 aliphatic heterocycles. The molecule has 18 heavy (non-hydrogen) atoms. The maximum absolute atomic E-state index is 11.6. The first-order chi connectivity index (χ1) is 8.60. The number of benzene rings is 1. The zero-order valence-corrected chi connectivity index (χ0v) is 10.8. The van der Waals surface area contributed by atoms with Gasteiger partial charge in [-0.15, -0.1) is 6.58 Å². The van der Waals surface area contributed by atoms with E-state index in [0.717, 1.165) is 5.56 Å². The summed E-state index contributed by atoms with van der Waals surface area (Å²) < 4.78 is 5.77. The van der Waals surface area contributed by atoms with Crippen molar-refractivity contribution in [3.63, 3.8) is 0 Å². The summed E-state index contributed by atoms with van der Waals surface area (Å²) in [5.74, 6) is 5.57. The van der Waals surface area contributed by atoms with Crippen LogP contribution in [0.15, 0.2) is 36.9 Å². The van der Waals surface area contributed by atoms with Gasteiger partial charge in [0, 0.05) is 0 Å². The van der Waals surface area contributed by atoms with E-state index in [4.69, 9.17) is 10.6 Å². The Morgan fingerprint density at radius 3 is 2.72 bits per heavy atom. The second-order valence-corrected chi connectivity index (χ2v) is 4.39. The standard InChI is InChI=1S/C14H20N2O2/c1-4-7-11-8-5-6-9-12(11)18-13(10(2)3)14(17)16-15/h4-6,8-10,13H,1,7,15H2,2-3H3,(H,16,17). The molecule has 0 spiro atoms. The molecule has 3 N–H and O–H groups in total. The highest BCUT2D eigenvalue weighted by Crippen LogP contribution is 2.22. The van der Waals surface area contributed by atoms with Crippen molar-refractivity contribution in [1.82, 2.24) is 5.43 Å². The average Bonchev–Trinajstić information content (AvgIpc) is 2.36. The van der Waals surface area contributed by atoms with Crippen LogP contribution in [-0.2, 0) is 11.2 Å². The molecule has 1 atom stereocenters. The number of rotatable bonds is 6. The smallest absolute Gasteiger partial charge is 0.275 e. The van der Waals surface area contributed by atoms with Crippen LogP contribution >= 0.6 is 0 Å². The first kappa shape index (κ1) is 14.3. The van der Waals surface area contributed by atoms with Crippen molar-refractivity contribution in [1.29, 1.82) is 0 Å². The van der Waals surface area contributed by atoms with Gasteiger partial charge in [0.15, 0.2) is 6.10 Å². The molecule has 0 aromatic heterocycles. The quantitative estimate of drug-likeness (QED) is 0.349. The first-order valence-electron chi connectivity index (χ1n) is 5.96. The summed E-state index contributed by atoms with van der Waals surface area (Å²) in [6.07, 6.45) is 1.90. The number of hydrazine groups is 1. The number of para-hydroxylation sites is 1. The van der Waals surface area contributed by atoms with Crippen molar-refractivity contribution in [2.24, 2.45) is 11.8 Å². The molecule has 0 aliphatic rings. The van der Waals surface area contributed by atoms with Crippen LogP contribution in [0.25, 0.3) is 0 Å². The Kier molecular flexibility index (Phi) is 5.39. The van der Waals surface area contributed by atoms with Gasteiger partial charge < -0.3 is 4.74 Å². The summed E-state index contributed by atoms with van der Waals surface area (Å²) in [5.41, 5.74) is 3.14. The molecule has 0 saturated carbocycles. The van der Waals surface area contributed by atoms with E-state index in [-0.39, 0.29) is 11.8 Å². The molecule has 0 bridgehead atoms. The maximum Gasteiger partial charge on any atom is 0.275 e. The number of allylic oxidation sites excluding steroid dienone is 1. The van der Waals surface area contributed by atoms with E-state index >= 15 is 0 Å². The highest BCUT2D eigenvalue weighted by molar-refractivity contribution is 5.80. The van der Waals surface area contributed by atoms with Gasteiger partial charge in [0.1, 0.15) is 5.75 Å². The Labute approximate surface area is 108 Å². The number of carbonyl (C=O) groups excluding carboxylic acids is 1. The fraction of sp³-hybridized carbons (Fsp3) is 0.357. The molecule has 0 radical (unpaired) electrons. The van der Waals surface area contributed by atoms with Crippen LogP contribution in [0.5, 0.6) is 5.75 Å². The predicted octanol–water partition coefficient (Wildman–Crippen LogP) is 1.81. The molecule has 4 heteroatoms. The highest BCUT2D eigenvalue weighted by atomic mass is 16.5. The zero-order chi connectivity index (χ0) is 13.5. The summed E-state index contributed by atoms with van der Waals surface area (Å²) in [7, 11) is 0. The fourth-order valence-corrected chi connectivity index (χ4v) is 1.65. The number of hydrogen-bond acceptors (Lipinski definition) is 3. The molecule has 0 aliphatic carbocycles. The Balaban J connectivity index is 2.93. The molecule has 1 aromatic rings. The lowest BCUT2D eigenvalue weighted by atomic mass is 10.1. The summed E-state index contributed by atoms with van der Waals surface area (Å²) >= 11 is 0. The van der Waals surface area contributed by atoms with Crippen molar-refractivity contribution in [2.45, 2.75) is 26.4 Å². The number of ether oxygens (including phenoxy) is 1. The van der Waals surface area contributed by atoms with Gasteiger partial charge in [-0.05, 0) is 24.0 Å². The molecule has 0 saturated heterocycles. The van der Waals surface area contributed by atoms with E-state index < -0.39 is 6.10 Å². The number of amides is 1. The lowest BCUT2D eigenvalue weighted by Gasteiger charge is -2.22. The van der Waals surface area contributed by atoms with Crippen LogP contribution in [-0.4, -0.2) is 12.0 Å². The number of hydrogen-bond donors (Lipinski definition) is 2.